The van der Waals surface area contributed by atoms with Crippen LogP contribution in [0, 0.1) is 11.6 Å². The molecule has 0 aliphatic rings. The standard InChI is InChI=1S/C12H5Br2ClF2/c13-9-3-6(15)1-2-8(9)12-10(14)4-7(16)5-11(12)17/h1-5H. The summed E-state index contributed by atoms with van der Waals surface area (Å²) in [5.74, 6) is -1.25. The van der Waals surface area contributed by atoms with Gasteiger partial charge in [-0.25, -0.2) is 8.78 Å². The number of rotatable bonds is 1. The summed E-state index contributed by atoms with van der Waals surface area (Å²) in [6, 6.07) is 7.05. The molecule has 0 heterocycles. The fourth-order valence-corrected chi connectivity index (χ4v) is 2.99. The highest BCUT2D eigenvalue weighted by atomic mass is 79.9. The minimum absolute atomic E-state index is 0.301. The average Bonchev–Trinajstić information content (AvgIpc) is 2.19. The van der Waals surface area contributed by atoms with Gasteiger partial charge in [0.05, 0.1) is 0 Å². The molecule has 2 aromatic carbocycles. The lowest BCUT2D eigenvalue weighted by atomic mass is 10.1. The normalized spacial score (nSPS) is 10.6. The smallest absolute Gasteiger partial charge is 0.135 e. The summed E-state index contributed by atoms with van der Waals surface area (Å²) in [5.41, 5.74) is 0.911. The van der Waals surface area contributed by atoms with E-state index in [1.165, 1.54) is 6.07 Å². The van der Waals surface area contributed by atoms with E-state index in [0.717, 1.165) is 6.07 Å². The number of hydrogen-bond donors (Lipinski definition) is 0. The van der Waals surface area contributed by atoms with E-state index in [-0.39, 0.29) is 0 Å². The van der Waals surface area contributed by atoms with E-state index in [0.29, 0.717) is 25.1 Å². The van der Waals surface area contributed by atoms with Crippen LogP contribution in [-0.2, 0) is 0 Å². The predicted molar refractivity (Wildman–Crippen MR) is 72.2 cm³/mol. The van der Waals surface area contributed by atoms with Gasteiger partial charge in [-0.3, -0.25) is 0 Å². The summed E-state index contributed by atoms with van der Waals surface area (Å²) < 4.78 is 27.7. The van der Waals surface area contributed by atoms with Crippen molar-refractivity contribution in [2.45, 2.75) is 0 Å². The Balaban J connectivity index is 2.68. The minimum Gasteiger partial charge on any atom is -0.207 e. The molecule has 0 saturated heterocycles. The zero-order chi connectivity index (χ0) is 12.6. The number of benzene rings is 2. The molecule has 0 spiro atoms. The van der Waals surface area contributed by atoms with Gasteiger partial charge in [-0.15, -0.1) is 0 Å². The van der Waals surface area contributed by atoms with Crippen LogP contribution in [-0.4, -0.2) is 0 Å². The van der Waals surface area contributed by atoms with Crippen LogP contribution in [0.15, 0.2) is 39.3 Å². The fourth-order valence-electron chi connectivity index (χ4n) is 1.49. The van der Waals surface area contributed by atoms with Crippen molar-refractivity contribution in [2.75, 3.05) is 0 Å². The van der Waals surface area contributed by atoms with Crippen molar-refractivity contribution < 1.29 is 8.78 Å². The Morgan fingerprint density at radius 3 is 2.24 bits per heavy atom. The Morgan fingerprint density at radius 2 is 1.65 bits per heavy atom. The average molecular weight is 382 g/mol. The van der Waals surface area contributed by atoms with Crippen LogP contribution in [0.5, 0.6) is 0 Å². The lowest BCUT2D eigenvalue weighted by Gasteiger charge is -2.09. The first-order chi connectivity index (χ1) is 7.99. The summed E-state index contributed by atoms with van der Waals surface area (Å²) in [5, 5.41) is 0.541. The summed E-state index contributed by atoms with van der Waals surface area (Å²) in [6.07, 6.45) is 0. The van der Waals surface area contributed by atoms with Gasteiger partial charge >= 0.3 is 0 Å². The van der Waals surface area contributed by atoms with Gasteiger partial charge in [-0.05, 0) is 34.1 Å². The van der Waals surface area contributed by atoms with Crippen LogP contribution in [0.3, 0.4) is 0 Å². The van der Waals surface area contributed by atoms with Crippen LogP contribution < -0.4 is 0 Å². The van der Waals surface area contributed by atoms with Crippen molar-refractivity contribution in [1.82, 2.24) is 0 Å². The van der Waals surface area contributed by atoms with E-state index in [1.807, 2.05) is 0 Å². The maximum atomic E-state index is 13.8. The maximum Gasteiger partial charge on any atom is 0.135 e. The summed E-state index contributed by atoms with van der Waals surface area (Å²) in [4.78, 5) is 0. The van der Waals surface area contributed by atoms with Crippen LogP contribution in [0.4, 0.5) is 8.78 Å². The van der Waals surface area contributed by atoms with Gasteiger partial charge in [0.2, 0.25) is 0 Å². The Hall–Kier alpha value is -0.450. The minimum atomic E-state index is -0.625. The van der Waals surface area contributed by atoms with Crippen LogP contribution >= 0.6 is 43.5 Å². The highest BCUT2D eigenvalue weighted by Gasteiger charge is 2.14. The molecule has 0 aromatic heterocycles. The third kappa shape index (κ3) is 2.69. The van der Waals surface area contributed by atoms with E-state index < -0.39 is 11.6 Å². The lowest BCUT2D eigenvalue weighted by molar-refractivity contribution is 0.584. The van der Waals surface area contributed by atoms with E-state index in [2.05, 4.69) is 31.9 Å². The first-order valence-corrected chi connectivity index (χ1v) is 6.55. The predicted octanol–water partition coefficient (Wildman–Crippen LogP) is 5.81. The van der Waals surface area contributed by atoms with Crippen molar-refractivity contribution in [1.29, 1.82) is 0 Å². The highest BCUT2D eigenvalue weighted by molar-refractivity contribution is 9.11. The zero-order valence-electron chi connectivity index (χ0n) is 8.28. The van der Waals surface area contributed by atoms with Crippen LogP contribution in [0.1, 0.15) is 0 Å². The van der Waals surface area contributed by atoms with E-state index in [1.54, 1.807) is 18.2 Å². The molecule has 17 heavy (non-hydrogen) atoms. The molecule has 0 unspecified atom stereocenters. The van der Waals surface area contributed by atoms with Crippen molar-refractivity contribution in [3.05, 3.63) is 55.9 Å². The topological polar surface area (TPSA) is 0 Å². The van der Waals surface area contributed by atoms with Crippen LogP contribution in [0.2, 0.25) is 5.02 Å². The first kappa shape index (κ1) is 13.0. The second-order valence-electron chi connectivity index (χ2n) is 3.37. The molecule has 0 nitrogen and oxygen atoms in total. The molecule has 0 atom stereocenters. The lowest BCUT2D eigenvalue weighted by Crippen LogP contribution is -1.90. The molecule has 0 bridgehead atoms. The molecule has 2 rings (SSSR count). The Morgan fingerprint density at radius 1 is 0.941 bits per heavy atom. The van der Waals surface area contributed by atoms with Crippen molar-refractivity contribution in [3.63, 3.8) is 0 Å². The van der Waals surface area contributed by atoms with Gasteiger partial charge in [0.25, 0.3) is 0 Å². The Bertz CT molecular complexity index is 562. The molecule has 0 radical (unpaired) electrons. The fraction of sp³-hybridized carbons (Fsp3) is 0. The van der Waals surface area contributed by atoms with E-state index >= 15 is 0 Å². The third-order valence-corrected chi connectivity index (χ3v) is 3.72. The molecule has 2 aromatic rings. The molecule has 0 saturated carbocycles. The molecule has 0 N–H and O–H groups in total. The monoisotopic (exact) mass is 380 g/mol. The molecule has 0 fully saturated rings. The molecule has 0 amide bonds. The third-order valence-electron chi connectivity index (χ3n) is 2.21. The zero-order valence-corrected chi connectivity index (χ0v) is 12.2. The second kappa shape index (κ2) is 5.04. The van der Waals surface area contributed by atoms with Crippen molar-refractivity contribution in [2.24, 2.45) is 0 Å². The summed E-state index contributed by atoms with van der Waals surface area (Å²) >= 11 is 12.3. The molecular weight excluding hydrogens is 377 g/mol. The summed E-state index contributed by atoms with van der Waals surface area (Å²) in [7, 11) is 0. The van der Waals surface area contributed by atoms with Gasteiger partial charge in [-0.1, -0.05) is 33.6 Å². The van der Waals surface area contributed by atoms with Gasteiger partial charge in [0.1, 0.15) is 11.6 Å². The van der Waals surface area contributed by atoms with Crippen molar-refractivity contribution in [3.8, 4) is 11.1 Å². The summed E-state index contributed by atoms with van der Waals surface area (Å²) in [6.45, 7) is 0. The Labute approximate surface area is 119 Å². The highest BCUT2D eigenvalue weighted by Crippen LogP contribution is 2.37. The quantitative estimate of drug-likeness (QED) is 0.584. The van der Waals surface area contributed by atoms with Crippen molar-refractivity contribution >= 4 is 43.5 Å². The number of halogens is 5. The molecule has 5 heteroatoms. The first-order valence-electron chi connectivity index (χ1n) is 4.59. The van der Waals surface area contributed by atoms with E-state index in [9.17, 15) is 8.78 Å². The second-order valence-corrected chi connectivity index (χ2v) is 5.51. The van der Waals surface area contributed by atoms with Gasteiger partial charge < -0.3 is 0 Å². The van der Waals surface area contributed by atoms with Gasteiger partial charge in [0, 0.05) is 31.2 Å². The molecule has 88 valence electrons. The Kier molecular flexibility index (Phi) is 3.85. The molecule has 0 aliphatic heterocycles. The largest absolute Gasteiger partial charge is 0.207 e. The molecule has 0 aliphatic carbocycles. The van der Waals surface area contributed by atoms with E-state index in [4.69, 9.17) is 11.6 Å². The SMILES string of the molecule is Fc1cc(F)c(-c2ccc(Cl)cc2Br)c(Br)c1. The van der Waals surface area contributed by atoms with Gasteiger partial charge in [0.15, 0.2) is 0 Å². The molecular formula is C12H5Br2ClF2. The van der Waals surface area contributed by atoms with Gasteiger partial charge in [-0.2, -0.15) is 0 Å². The van der Waals surface area contributed by atoms with Crippen LogP contribution in [0.25, 0.3) is 11.1 Å². The maximum absolute atomic E-state index is 13.8. The number of hydrogen-bond acceptors (Lipinski definition) is 0.